The van der Waals surface area contributed by atoms with Gasteiger partial charge < -0.3 is 10.3 Å². The number of aromatic nitrogens is 1. The van der Waals surface area contributed by atoms with Crippen LogP contribution in [0, 0.1) is 11.7 Å². The molecule has 0 spiro atoms. The molecule has 0 saturated heterocycles. The Morgan fingerprint density at radius 2 is 2.06 bits per heavy atom. The molecular weight excluding hydrogens is 219 g/mol. The minimum Gasteiger partial charge on any atom is -0.381 e. The van der Waals surface area contributed by atoms with Crippen LogP contribution in [-0.2, 0) is 6.42 Å². The lowest BCUT2D eigenvalue weighted by Gasteiger charge is -2.05. The lowest BCUT2D eigenvalue weighted by atomic mass is 9.99. The molecule has 0 bridgehead atoms. The van der Waals surface area contributed by atoms with E-state index < -0.39 is 0 Å². The molecule has 0 unspecified atom stereocenters. The van der Waals surface area contributed by atoms with Gasteiger partial charge in [-0.1, -0.05) is 31.1 Å². The van der Waals surface area contributed by atoms with Crippen molar-refractivity contribution in [1.82, 2.24) is 5.16 Å². The Morgan fingerprint density at radius 3 is 2.71 bits per heavy atom. The third-order valence-corrected chi connectivity index (χ3v) is 2.55. The van der Waals surface area contributed by atoms with Crippen molar-refractivity contribution in [3.05, 3.63) is 35.6 Å². The summed E-state index contributed by atoms with van der Waals surface area (Å²) in [5.41, 5.74) is 6.94. The third-order valence-electron chi connectivity index (χ3n) is 2.55. The second kappa shape index (κ2) is 4.57. The van der Waals surface area contributed by atoms with E-state index in [0.717, 1.165) is 12.0 Å². The topological polar surface area (TPSA) is 52.0 Å². The van der Waals surface area contributed by atoms with Crippen LogP contribution in [0.25, 0.3) is 11.3 Å². The first-order chi connectivity index (χ1) is 8.09. The molecule has 1 heterocycles. The normalized spacial score (nSPS) is 11.1. The lowest BCUT2D eigenvalue weighted by molar-refractivity contribution is 0.432. The molecular formula is C13H15FN2O. The highest BCUT2D eigenvalue weighted by Gasteiger charge is 2.18. The van der Waals surface area contributed by atoms with Crippen LogP contribution in [0.3, 0.4) is 0 Å². The fourth-order valence-electron chi connectivity index (χ4n) is 1.78. The van der Waals surface area contributed by atoms with E-state index in [9.17, 15) is 4.39 Å². The van der Waals surface area contributed by atoms with Gasteiger partial charge in [-0.15, -0.1) is 0 Å². The summed E-state index contributed by atoms with van der Waals surface area (Å²) < 4.78 is 18.8. The van der Waals surface area contributed by atoms with Crippen molar-refractivity contribution in [1.29, 1.82) is 0 Å². The van der Waals surface area contributed by atoms with Crippen molar-refractivity contribution < 1.29 is 8.91 Å². The zero-order chi connectivity index (χ0) is 12.4. The highest BCUT2D eigenvalue weighted by Crippen LogP contribution is 2.31. The molecule has 4 heteroatoms. The van der Waals surface area contributed by atoms with Gasteiger partial charge >= 0.3 is 0 Å². The number of nitrogen functional groups attached to an aromatic ring is 1. The molecule has 0 saturated carbocycles. The molecule has 3 nitrogen and oxygen atoms in total. The number of nitrogens with zero attached hydrogens (tertiary/aromatic N) is 1. The van der Waals surface area contributed by atoms with Gasteiger partial charge in [0, 0.05) is 5.56 Å². The molecule has 0 aliphatic heterocycles. The minimum atomic E-state index is -0.325. The Bertz CT molecular complexity index is 520. The van der Waals surface area contributed by atoms with E-state index in [4.69, 9.17) is 10.3 Å². The summed E-state index contributed by atoms with van der Waals surface area (Å²) in [5, 5.41) is 3.72. The summed E-state index contributed by atoms with van der Waals surface area (Å²) in [5.74, 6) is 0.863. The predicted octanol–water partition coefficient (Wildman–Crippen LogP) is 3.26. The summed E-state index contributed by atoms with van der Waals surface area (Å²) in [6, 6.07) is 6.46. The Morgan fingerprint density at radius 1 is 1.35 bits per heavy atom. The van der Waals surface area contributed by atoms with E-state index in [1.54, 1.807) is 18.2 Å². The molecule has 0 aliphatic carbocycles. The molecule has 2 N–H and O–H groups in total. The van der Waals surface area contributed by atoms with Crippen molar-refractivity contribution in [2.75, 3.05) is 5.73 Å². The molecule has 2 aromatic rings. The van der Waals surface area contributed by atoms with Gasteiger partial charge in [-0.05, 0) is 24.5 Å². The second-order valence-electron chi connectivity index (χ2n) is 4.45. The highest BCUT2D eigenvalue weighted by atomic mass is 19.1. The third kappa shape index (κ3) is 2.30. The van der Waals surface area contributed by atoms with Crippen molar-refractivity contribution in [3.8, 4) is 11.3 Å². The summed E-state index contributed by atoms with van der Waals surface area (Å²) >= 11 is 0. The Balaban J connectivity index is 2.49. The first kappa shape index (κ1) is 11.6. The first-order valence-corrected chi connectivity index (χ1v) is 5.58. The average Bonchev–Trinajstić information content (AvgIpc) is 2.61. The van der Waals surface area contributed by atoms with Gasteiger partial charge in [0.2, 0.25) is 0 Å². The number of nitrogens with two attached hydrogens (primary N) is 1. The Labute approximate surface area is 99.4 Å². The van der Waals surface area contributed by atoms with Gasteiger partial charge in [-0.2, -0.15) is 0 Å². The van der Waals surface area contributed by atoms with Crippen LogP contribution in [-0.4, -0.2) is 5.16 Å². The lowest BCUT2D eigenvalue weighted by Crippen LogP contribution is -1.99. The summed E-state index contributed by atoms with van der Waals surface area (Å²) in [6.45, 7) is 4.13. The molecule has 0 atom stereocenters. The zero-order valence-corrected chi connectivity index (χ0v) is 9.90. The number of hydrogen-bond acceptors (Lipinski definition) is 3. The number of hydrogen-bond donors (Lipinski definition) is 1. The van der Waals surface area contributed by atoms with Crippen LogP contribution < -0.4 is 5.73 Å². The summed E-state index contributed by atoms with van der Waals surface area (Å²) in [7, 11) is 0. The van der Waals surface area contributed by atoms with E-state index in [1.165, 1.54) is 6.07 Å². The molecule has 90 valence electrons. The maximum atomic E-state index is 13.7. The smallest absolute Gasteiger partial charge is 0.175 e. The molecule has 0 amide bonds. The van der Waals surface area contributed by atoms with Gasteiger partial charge in [0.1, 0.15) is 5.82 Å². The molecule has 0 aliphatic rings. The Kier molecular flexibility index (Phi) is 3.13. The van der Waals surface area contributed by atoms with E-state index in [2.05, 4.69) is 19.0 Å². The van der Waals surface area contributed by atoms with Crippen molar-refractivity contribution in [2.45, 2.75) is 20.3 Å². The molecule has 1 aromatic carbocycles. The van der Waals surface area contributed by atoms with Crippen molar-refractivity contribution in [2.24, 2.45) is 5.92 Å². The largest absolute Gasteiger partial charge is 0.381 e. The van der Waals surface area contributed by atoms with E-state index in [0.29, 0.717) is 23.1 Å². The van der Waals surface area contributed by atoms with Crippen LogP contribution in [0.15, 0.2) is 28.8 Å². The minimum absolute atomic E-state index is 0.325. The van der Waals surface area contributed by atoms with E-state index in [-0.39, 0.29) is 5.82 Å². The zero-order valence-electron chi connectivity index (χ0n) is 9.90. The molecule has 17 heavy (non-hydrogen) atoms. The maximum absolute atomic E-state index is 13.7. The Hall–Kier alpha value is -1.84. The van der Waals surface area contributed by atoms with E-state index >= 15 is 0 Å². The van der Waals surface area contributed by atoms with Crippen LogP contribution >= 0.6 is 0 Å². The number of anilines is 1. The highest BCUT2D eigenvalue weighted by molar-refractivity contribution is 5.66. The SMILES string of the molecule is CC(C)Cc1c(N)noc1-c1ccccc1F. The van der Waals surface area contributed by atoms with Crippen LogP contribution in [0.5, 0.6) is 0 Å². The molecule has 0 fully saturated rings. The van der Waals surface area contributed by atoms with Gasteiger partial charge in [0.15, 0.2) is 11.6 Å². The number of rotatable bonds is 3. The molecule has 2 rings (SSSR count). The van der Waals surface area contributed by atoms with Gasteiger partial charge in [0.25, 0.3) is 0 Å². The van der Waals surface area contributed by atoms with Gasteiger partial charge in [-0.3, -0.25) is 0 Å². The molecule has 1 aromatic heterocycles. The van der Waals surface area contributed by atoms with Crippen molar-refractivity contribution >= 4 is 5.82 Å². The quantitative estimate of drug-likeness (QED) is 0.886. The molecule has 0 radical (unpaired) electrons. The summed E-state index contributed by atoms with van der Waals surface area (Å²) in [4.78, 5) is 0. The first-order valence-electron chi connectivity index (χ1n) is 5.58. The van der Waals surface area contributed by atoms with Crippen molar-refractivity contribution in [3.63, 3.8) is 0 Å². The standard InChI is InChI=1S/C13H15FN2O/c1-8(2)7-10-12(17-16-13(10)15)9-5-3-4-6-11(9)14/h3-6,8H,7H2,1-2H3,(H2,15,16). The van der Waals surface area contributed by atoms with Crippen LogP contribution in [0.1, 0.15) is 19.4 Å². The fourth-order valence-corrected chi connectivity index (χ4v) is 1.78. The van der Waals surface area contributed by atoms with Crippen LogP contribution in [0.2, 0.25) is 0 Å². The summed E-state index contributed by atoms with van der Waals surface area (Å²) in [6.07, 6.45) is 0.721. The second-order valence-corrected chi connectivity index (χ2v) is 4.45. The average molecular weight is 234 g/mol. The number of benzene rings is 1. The van der Waals surface area contributed by atoms with Crippen LogP contribution in [0.4, 0.5) is 10.2 Å². The fraction of sp³-hybridized carbons (Fsp3) is 0.308. The maximum Gasteiger partial charge on any atom is 0.175 e. The predicted molar refractivity (Wildman–Crippen MR) is 64.9 cm³/mol. The van der Waals surface area contributed by atoms with E-state index in [1.807, 2.05) is 0 Å². The number of halogens is 1. The monoisotopic (exact) mass is 234 g/mol. The van der Waals surface area contributed by atoms with Gasteiger partial charge in [-0.25, -0.2) is 4.39 Å². The van der Waals surface area contributed by atoms with Gasteiger partial charge in [0.05, 0.1) is 5.56 Å².